The molecule has 2 rings (SSSR count). The van der Waals surface area contributed by atoms with Gasteiger partial charge in [0.05, 0.1) is 5.56 Å². The van der Waals surface area contributed by atoms with Gasteiger partial charge in [-0.2, -0.15) is 0 Å². The fraction of sp³-hybridized carbons (Fsp3) is 0.308. The highest BCUT2D eigenvalue weighted by Gasteiger charge is 2.10. The molecule has 0 unspecified atom stereocenters. The molecule has 1 aromatic carbocycles. The molecule has 0 heterocycles. The van der Waals surface area contributed by atoms with E-state index in [0.717, 1.165) is 25.0 Å². The lowest BCUT2D eigenvalue weighted by atomic mass is 10.1. The van der Waals surface area contributed by atoms with Gasteiger partial charge in [-0.05, 0) is 49.6 Å². The minimum Gasteiger partial charge on any atom is -0.486 e. The van der Waals surface area contributed by atoms with Crippen molar-refractivity contribution >= 4 is 5.97 Å². The van der Waals surface area contributed by atoms with Gasteiger partial charge in [0.25, 0.3) is 0 Å². The number of hydrogen-bond donors (Lipinski definition) is 1. The van der Waals surface area contributed by atoms with Crippen molar-refractivity contribution in [2.75, 3.05) is 0 Å². The molecule has 1 N–H and O–H groups in total. The summed E-state index contributed by atoms with van der Waals surface area (Å²) in [5.74, 6) is -0.189. The smallest absolute Gasteiger partial charge is 0.335 e. The van der Waals surface area contributed by atoms with Crippen LogP contribution in [0.1, 0.15) is 29.6 Å². The summed E-state index contributed by atoms with van der Waals surface area (Å²) in [6.07, 6.45) is 7.61. The predicted molar refractivity (Wildman–Crippen MR) is 60.8 cm³/mol. The Morgan fingerprint density at radius 2 is 2.06 bits per heavy atom. The van der Waals surface area contributed by atoms with E-state index in [9.17, 15) is 4.79 Å². The maximum absolute atomic E-state index is 10.7. The van der Waals surface area contributed by atoms with Crippen LogP contribution in [0.3, 0.4) is 0 Å². The summed E-state index contributed by atoms with van der Waals surface area (Å²) in [6, 6.07) is 6.52. The lowest BCUT2D eigenvalue weighted by Crippen LogP contribution is -2.15. The number of aromatic carboxylic acids is 1. The third kappa shape index (κ3) is 2.63. The summed E-state index contributed by atoms with van der Waals surface area (Å²) < 4.78 is 5.71. The van der Waals surface area contributed by atoms with Crippen molar-refractivity contribution in [1.82, 2.24) is 0 Å². The van der Waals surface area contributed by atoms with Gasteiger partial charge in [-0.1, -0.05) is 6.08 Å². The van der Waals surface area contributed by atoms with Crippen LogP contribution in [0.25, 0.3) is 0 Å². The van der Waals surface area contributed by atoms with E-state index in [0.29, 0.717) is 0 Å². The molecule has 0 spiro atoms. The Morgan fingerprint density at radius 1 is 1.31 bits per heavy atom. The molecule has 1 atom stereocenters. The Hall–Kier alpha value is -1.77. The van der Waals surface area contributed by atoms with Crippen LogP contribution in [0, 0.1) is 0 Å². The molecule has 16 heavy (non-hydrogen) atoms. The van der Waals surface area contributed by atoms with E-state index in [-0.39, 0.29) is 11.7 Å². The highest BCUT2D eigenvalue weighted by molar-refractivity contribution is 5.87. The van der Waals surface area contributed by atoms with Crippen LogP contribution in [0.4, 0.5) is 0 Å². The van der Waals surface area contributed by atoms with Gasteiger partial charge in [-0.25, -0.2) is 4.79 Å². The van der Waals surface area contributed by atoms with E-state index < -0.39 is 5.97 Å². The van der Waals surface area contributed by atoms with Crippen molar-refractivity contribution < 1.29 is 14.6 Å². The second-order valence-corrected chi connectivity index (χ2v) is 3.84. The summed E-state index contributed by atoms with van der Waals surface area (Å²) in [5, 5.41) is 8.75. The van der Waals surface area contributed by atoms with Gasteiger partial charge < -0.3 is 9.84 Å². The Kier molecular flexibility index (Phi) is 3.25. The lowest BCUT2D eigenvalue weighted by molar-refractivity contribution is 0.0697. The molecule has 3 nitrogen and oxygen atoms in total. The Morgan fingerprint density at radius 3 is 2.62 bits per heavy atom. The molecule has 0 saturated heterocycles. The van der Waals surface area contributed by atoms with Crippen molar-refractivity contribution in [3.05, 3.63) is 42.0 Å². The largest absolute Gasteiger partial charge is 0.486 e. The summed E-state index contributed by atoms with van der Waals surface area (Å²) in [6.45, 7) is 0. The molecular formula is C13H14O3. The zero-order chi connectivity index (χ0) is 11.4. The van der Waals surface area contributed by atoms with Crippen LogP contribution in [-0.2, 0) is 0 Å². The maximum Gasteiger partial charge on any atom is 0.335 e. The normalized spacial score (nSPS) is 19.4. The van der Waals surface area contributed by atoms with E-state index in [1.54, 1.807) is 24.3 Å². The Labute approximate surface area is 94.4 Å². The van der Waals surface area contributed by atoms with Crippen molar-refractivity contribution in [2.24, 2.45) is 0 Å². The molecular weight excluding hydrogens is 204 g/mol. The average Bonchev–Trinajstić information content (AvgIpc) is 2.31. The Balaban J connectivity index is 2.02. The van der Waals surface area contributed by atoms with Crippen LogP contribution in [0.2, 0.25) is 0 Å². The summed E-state index contributed by atoms with van der Waals surface area (Å²) in [5.41, 5.74) is 0.284. The Bertz CT molecular complexity index is 392. The second kappa shape index (κ2) is 4.84. The minimum atomic E-state index is -0.913. The van der Waals surface area contributed by atoms with Gasteiger partial charge in [0.2, 0.25) is 0 Å². The third-order valence-electron chi connectivity index (χ3n) is 2.60. The fourth-order valence-corrected chi connectivity index (χ4v) is 1.73. The molecule has 0 bridgehead atoms. The SMILES string of the molecule is O=C(O)c1ccc(O[C@@H]2C=CCCC2)cc1. The zero-order valence-corrected chi connectivity index (χ0v) is 8.93. The van der Waals surface area contributed by atoms with E-state index in [1.807, 2.05) is 0 Å². The first-order chi connectivity index (χ1) is 7.75. The molecule has 1 aliphatic carbocycles. The number of carboxylic acid groups (broad SMARTS) is 1. The molecule has 0 radical (unpaired) electrons. The molecule has 0 aliphatic heterocycles. The van der Waals surface area contributed by atoms with E-state index in [2.05, 4.69) is 12.2 Å². The molecule has 0 amide bonds. The van der Waals surface area contributed by atoms with Crippen molar-refractivity contribution in [1.29, 1.82) is 0 Å². The number of carbonyl (C=O) groups is 1. The summed E-state index contributed by atoms with van der Waals surface area (Å²) in [4.78, 5) is 10.7. The number of allylic oxidation sites excluding steroid dienone is 1. The lowest BCUT2D eigenvalue weighted by Gasteiger charge is -2.18. The molecule has 0 aromatic heterocycles. The topological polar surface area (TPSA) is 46.5 Å². The molecule has 0 fully saturated rings. The first-order valence-corrected chi connectivity index (χ1v) is 5.42. The quantitative estimate of drug-likeness (QED) is 0.793. The van der Waals surface area contributed by atoms with E-state index in [1.165, 1.54) is 0 Å². The summed E-state index contributed by atoms with van der Waals surface area (Å²) >= 11 is 0. The van der Waals surface area contributed by atoms with Crippen molar-refractivity contribution in [3.63, 3.8) is 0 Å². The third-order valence-corrected chi connectivity index (χ3v) is 2.60. The van der Waals surface area contributed by atoms with Crippen LogP contribution in [0.15, 0.2) is 36.4 Å². The van der Waals surface area contributed by atoms with Crippen molar-refractivity contribution in [3.8, 4) is 5.75 Å². The van der Waals surface area contributed by atoms with E-state index in [4.69, 9.17) is 9.84 Å². The predicted octanol–water partition coefficient (Wildman–Crippen LogP) is 2.87. The standard InChI is InChI=1S/C13H14O3/c14-13(15)10-6-8-12(9-7-10)16-11-4-2-1-3-5-11/h2,4,6-9,11H,1,3,5H2,(H,14,15)/t11-/m1/s1. The number of benzene rings is 1. The van der Waals surface area contributed by atoms with Gasteiger partial charge in [0.15, 0.2) is 0 Å². The van der Waals surface area contributed by atoms with Crippen LogP contribution < -0.4 is 4.74 Å². The van der Waals surface area contributed by atoms with Crippen molar-refractivity contribution in [2.45, 2.75) is 25.4 Å². The van der Waals surface area contributed by atoms with Crippen LogP contribution >= 0.6 is 0 Å². The number of ether oxygens (including phenoxy) is 1. The molecule has 3 heteroatoms. The average molecular weight is 218 g/mol. The summed E-state index contributed by atoms with van der Waals surface area (Å²) in [7, 11) is 0. The zero-order valence-electron chi connectivity index (χ0n) is 8.93. The van der Waals surface area contributed by atoms with Gasteiger partial charge >= 0.3 is 5.97 Å². The number of hydrogen-bond acceptors (Lipinski definition) is 2. The number of carboxylic acids is 1. The molecule has 84 valence electrons. The maximum atomic E-state index is 10.7. The van der Waals surface area contributed by atoms with Crippen LogP contribution in [0.5, 0.6) is 5.75 Å². The van der Waals surface area contributed by atoms with Gasteiger partial charge in [-0.15, -0.1) is 0 Å². The molecule has 1 aliphatic rings. The van der Waals surface area contributed by atoms with Gasteiger partial charge in [0.1, 0.15) is 11.9 Å². The monoisotopic (exact) mass is 218 g/mol. The molecule has 1 aromatic rings. The first kappa shape index (κ1) is 10.7. The fourth-order valence-electron chi connectivity index (χ4n) is 1.73. The second-order valence-electron chi connectivity index (χ2n) is 3.84. The minimum absolute atomic E-state index is 0.129. The van der Waals surface area contributed by atoms with Crippen LogP contribution in [-0.4, -0.2) is 17.2 Å². The number of rotatable bonds is 3. The first-order valence-electron chi connectivity index (χ1n) is 5.42. The highest BCUT2D eigenvalue weighted by atomic mass is 16.5. The highest BCUT2D eigenvalue weighted by Crippen LogP contribution is 2.19. The van der Waals surface area contributed by atoms with Gasteiger partial charge in [0, 0.05) is 0 Å². The van der Waals surface area contributed by atoms with E-state index >= 15 is 0 Å². The van der Waals surface area contributed by atoms with Gasteiger partial charge in [-0.3, -0.25) is 0 Å². The molecule has 0 saturated carbocycles.